The van der Waals surface area contributed by atoms with Crippen molar-refractivity contribution in [1.29, 1.82) is 0 Å². The zero-order valence-electron chi connectivity index (χ0n) is 30.2. The first-order valence-corrected chi connectivity index (χ1v) is 20.2. The Balaban J connectivity index is 1.49. The molecule has 1 aliphatic heterocycles. The molecular weight excluding hydrogens is 685 g/mol. The van der Waals surface area contributed by atoms with Crippen molar-refractivity contribution in [3.63, 3.8) is 0 Å². The molecule has 7 rings (SSSR count). The summed E-state index contributed by atoms with van der Waals surface area (Å²) < 4.78 is 57.9. The number of nitrogens with zero attached hydrogens (tertiary/aromatic N) is 2. The predicted molar refractivity (Wildman–Crippen MR) is 211 cm³/mol. The standard InChI is InChI=1S/C44H42N2O4S2/c1-43(2,3)31-19-23-33(24-20-31)45-35-11-7-15-39(27-35)51(47,48)41-17-9-13-37(29-41)46(34-25-21-32(22-26-34)44(4,5)6)38-14-10-18-42(30-38)52(49,50)40-16-8-12-36(45)28-40/h7-30H,1-6H3. The summed E-state index contributed by atoms with van der Waals surface area (Å²) in [6.45, 7) is 12.9. The van der Waals surface area contributed by atoms with Gasteiger partial charge in [0.15, 0.2) is 0 Å². The van der Waals surface area contributed by atoms with Crippen LogP contribution in [0.1, 0.15) is 52.7 Å². The van der Waals surface area contributed by atoms with Crippen molar-refractivity contribution in [2.45, 2.75) is 72.0 Å². The molecule has 6 aromatic carbocycles. The number of hydrogen-bond donors (Lipinski definition) is 0. The van der Waals surface area contributed by atoms with Crippen LogP contribution in [0.5, 0.6) is 0 Å². The van der Waals surface area contributed by atoms with Crippen LogP contribution in [0.25, 0.3) is 0 Å². The van der Waals surface area contributed by atoms with Crippen LogP contribution in [0.3, 0.4) is 0 Å². The third-order valence-electron chi connectivity index (χ3n) is 9.53. The van der Waals surface area contributed by atoms with Gasteiger partial charge in [0.05, 0.1) is 19.6 Å². The van der Waals surface area contributed by atoms with Gasteiger partial charge < -0.3 is 9.80 Å². The summed E-state index contributed by atoms with van der Waals surface area (Å²) >= 11 is 0. The molecule has 8 heteroatoms. The third kappa shape index (κ3) is 6.53. The molecule has 8 bridgehead atoms. The van der Waals surface area contributed by atoms with Gasteiger partial charge in [0.2, 0.25) is 19.7 Å². The highest BCUT2D eigenvalue weighted by molar-refractivity contribution is 7.91. The highest BCUT2D eigenvalue weighted by Gasteiger charge is 2.26. The van der Waals surface area contributed by atoms with Gasteiger partial charge in [-0.3, -0.25) is 0 Å². The van der Waals surface area contributed by atoms with Crippen LogP contribution in [0.4, 0.5) is 34.1 Å². The van der Waals surface area contributed by atoms with Crippen LogP contribution >= 0.6 is 0 Å². The van der Waals surface area contributed by atoms with Gasteiger partial charge in [-0.1, -0.05) is 90.1 Å². The Bertz CT molecular complexity index is 2230. The van der Waals surface area contributed by atoms with Crippen molar-refractivity contribution in [2.75, 3.05) is 9.80 Å². The monoisotopic (exact) mass is 726 g/mol. The van der Waals surface area contributed by atoms with Crippen molar-refractivity contribution in [2.24, 2.45) is 0 Å². The molecule has 264 valence electrons. The first kappa shape index (κ1) is 35.2. The fourth-order valence-corrected chi connectivity index (χ4v) is 9.23. The molecule has 0 spiro atoms. The van der Waals surface area contributed by atoms with E-state index in [0.29, 0.717) is 22.7 Å². The summed E-state index contributed by atoms with van der Waals surface area (Å²) in [5.74, 6) is 0. The van der Waals surface area contributed by atoms with Crippen LogP contribution in [-0.4, -0.2) is 16.8 Å². The fourth-order valence-electron chi connectivity index (χ4n) is 6.55. The zero-order valence-corrected chi connectivity index (χ0v) is 31.8. The average Bonchev–Trinajstić information content (AvgIpc) is 3.12. The van der Waals surface area contributed by atoms with Gasteiger partial charge in [-0.05, 0) is 119 Å². The van der Waals surface area contributed by atoms with Crippen LogP contribution in [0.2, 0.25) is 0 Å². The van der Waals surface area contributed by atoms with Gasteiger partial charge in [-0.15, -0.1) is 0 Å². The summed E-state index contributed by atoms with van der Waals surface area (Å²) in [5, 5.41) is 0. The second-order valence-electron chi connectivity index (χ2n) is 15.3. The van der Waals surface area contributed by atoms with E-state index in [2.05, 4.69) is 65.8 Å². The number of benzene rings is 6. The van der Waals surface area contributed by atoms with Gasteiger partial charge >= 0.3 is 0 Å². The lowest BCUT2D eigenvalue weighted by Gasteiger charge is -2.28. The SMILES string of the molecule is CC(C)(C)c1ccc(N2c3cccc(c3)S(=O)(=O)c3cccc(c3)N(c3ccc(C(C)(C)C)cc3)c3cccc(c3)S(=O)(=O)c3cccc2c3)cc1. The molecule has 0 atom stereocenters. The Morgan fingerprint density at radius 2 is 0.596 bits per heavy atom. The van der Waals surface area contributed by atoms with Gasteiger partial charge in [0, 0.05) is 34.1 Å². The fraction of sp³-hybridized carbons (Fsp3) is 0.182. The number of sulfone groups is 2. The number of anilines is 6. The first-order valence-electron chi connectivity index (χ1n) is 17.3. The minimum atomic E-state index is -4.00. The maximum atomic E-state index is 14.5. The van der Waals surface area contributed by atoms with Crippen molar-refractivity contribution < 1.29 is 16.8 Å². The molecule has 52 heavy (non-hydrogen) atoms. The molecule has 0 amide bonds. The zero-order chi connectivity index (χ0) is 37.1. The highest BCUT2D eigenvalue weighted by atomic mass is 32.2. The number of fused-ring (bicyclic) bond motifs is 8. The maximum Gasteiger partial charge on any atom is 0.206 e. The van der Waals surface area contributed by atoms with Crippen molar-refractivity contribution >= 4 is 53.8 Å². The lowest BCUT2D eigenvalue weighted by molar-refractivity contribution is 0.590. The molecule has 0 N–H and O–H groups in total. The van der Waals surface area contributed by atoms with E-state index in [0.717, 1.165) is 22.5 Å². The summed E-state index contributed by atoms with van der Waals surface area (Å²) in [4.78, 5) is 4.28. The lowest BCUT2D eigenvalue weighted by atomic mass is 9.87. The molecule has 6 nitrogen and oxygen atoms in total. The molecule has 0 aliphatic carbocycles. The summed E-state index contributed by atoms with van der Waals surface area (Å²) in [6, 6.07) is 43.4. The molecule has 1 aliphatic rings. The lowest BCUT2D eigenvalue weighted by Crippen LogP contribution is -2.15. The Morgan fingerprint density at radius 1 is 0.346 bits per heavy atom. The van der Waals surface area contributed by atoms with E-state index in [9.17, 15) is 16.8 Å². The largest absolute Gasteiger partial charge is 0.310 e. The van der Waals surface area contributed by atoms with E-state index in [1.54, 1.807) is 72.8 Å². The smallest absolute Gasteiger partial charge is 0.206 e. The molecule has 0 radical (unpaired) electrons. The molecule has 1 heterocycles. The maximum absolute atomic E-state index is 14.5. The van der Waals surface area contributed by atoms with Crippen molar-refractivity contribution in [3.8, 4) is 0 Å². The predicted octanol–water partition coefficient (Wildman–Crippen LogP) is 11.2. The van der Waals surface area contributed by atoms with E-state index < -0.39 is 19.7 Å². The van der Waals surface area contributed by atoms with E-state index in [1.807, 2.05) is 58.3 Å². The van der Waals surface area contributed by atoms with Gasteiger partial charge in [0.1, 0.15) is 0 Å². The highest BCUT2D eigenvalue weighted by Crippen LogP contribution is 2.42. The van der Waals surface area contributed by atoms with Crippen LogP contribution in [0, 0.1) is 0 Å². The third-order valence-corrected chi connectivity index (χ3v) is 13.0. The Labute approximate surface area is 307 Å². The second kappa shape index (κ2) is 12.8. The Kier molecular flexibility index (Phi) is 8.67. The second-order valence-corrected chi connectivity index (χ2v) is 19.2. The van der Waals surface area contributed by atoms with E-state index in [4.69, 9.17) is 0 Å². The van der Waals surface area contributed by atoms with Gasteiger partial charge in [-0.2, -0.15) is 0 Å². The van der Waals surface area contributed by atoms with Crippen molar-refractivity contribution in [3.05, 3.63) is 157 Å². The summed E-state index contributed by atoms with van der Waals surface area (Å²) in [5.41, 5.74) is 5.93. The number of rotatable bonds is 2. The molecule has 0 unspecified atom stereocenters. The quantitative estimate of drug-likeness (QED) is 0.177. The molecule has 0 fully saturated rings. The van der Waals surface area contributed by atoms with E-state index in [-0.39, 0.29) is 30.4 Å². The summed E-state index contributed by atoms with van der Waals surface area (Å²) in [6.07, 6.45) is 0. The number of hydrogen-bond acceptors (Lipinski definition) is 6. The molecule has 6 aromatic rings. The molecule has 0 aromatic heterocycles. The molecular formula is C44H42N2O4S2. The first-order chi connectivity index (χ1) is 24.5. The molecule has 0 saturated carbocycles. The molecule has 0 saturated heterocycles. The van der Waals surface area contributed by atoms with Crippen molar-refractivity contribution in [1.82, 2.24) is 0 Å². The Morgan fingerprint density at radius 3 is 0.827 bits per heavy atom. The Hall–Kier alpha value is -5.18. The van der Waals surface area contributed by atoms with Crippen LogP contribution < -0.4 is 9.80 Å². The van der Waals surface area contributed by atoms with Gasteiger partial charge in [-0.25, -0.2) is 16.8 Å². The van der Waals surface area contributed by atoms with Gasteiger partial charge in [0.25, 0.3) is 0 Å². The normalized spacial score (nSPS) is 15.3. The van der Waals surface area contributed by atoms with E-state index >= 15 is 0 Å². The van der Waals surface area contributed by atoms with Crippen LogP contribution in [0.15, 0.2) is 165 Å². The summed E-state index contributed by atoms with van der Waals surface area (Å²) in [7, 11) is -7.99. The average molecular weight is 727 g/mol. The minimum absolute atomic E-state index is 0.0785. The van der Waals surface area contributed by atoms with E-state index in [1.165, 1.54) is 0 Å². The topological polar surface area (TPSA) is 74.8 Å². The van der Waals surface area contributed by atoms with Crippen LogP contribution in [-0.2, 0) is 30.5 Å². The minimum Gasteiger partial charge on any atom is -0.310 e.